The van der Waals surface area contributed by atoms with Gasteiger partial charge in [-0.1, -0.05) is 0 Å². The minimum Gasteiger partial charge on any atom is -0.312 e. The van der Waals surface area contributed by atoms with Gasteiger partial charge in [0.2, 0.25) is 10.0 Å². The SMILES string of the molecule is CC1CN(S(=O)(=O)c2ccc3c(c2)n(C)c(=O)n3C)CCN1. The van der Waals surface area contributed by atoms with Gasteiger partial charge in [-0.2, -0.15) is 4.31 Å². The molecule has 1 fully saturated rings. The van der Waals surface area contributed by atoms with Gasteiger partial charge in [0.25, 0.3) is 0 Å². The minimum atomic E-state index is -3.54. The van der Waals surface area contributed by atoms with E-state index in [0.29, 0.717) is 25.2 Å². The van der Waals surface area contributed by atoms with Crippen LogP contribution in [0.15, 0.2) is 27.9 Å². The van der Waals surface area contributed by atoms with Crippen molar-refractivity contribution in [3.8, 4) is 0 Å². The third kappa shape index (κ3) is 2.27. The predicted molar refractivity (Wildman–Crippen MR) is 84.4 cm³/mol. The van der Waals surface area contributed by atoms with Crippen LogP contribution in [0.25, 0.3) is 11.0 Å². The van der Waals surface area contributed by atoms with E-state index in [1.54, 1.807) is 32.3 Å². The van der Waals surface area contributed by atoms with Gasteiger partial charge in [0.15, 0.2) is 0 Å². The summed E-state index contributed by atoms with van der Waals surface area (Å²) in [6, 6.07) is 4.98. The van der Waals surface area contributed by atoms with E-state index in [1.807, 2.05) is 6.92 Å². The smallest absolute Gasteiger partial charge is 0.312 e. The summed E-state index contributed by atoms with van der Waals surface area (Å²) in [7, 11) is -0.214. The lowest BCUT2D eigenvalue weighted by atomic mass is 10.3. The lowest BCUT2D eigenvalue weighted by Gasteiger charge is -2.31. The maximum atomic E-state index is 12.8. The summed E-state index contributed by atoms with van der Waals surface area (Å²) in [5, 5.41) is 3.23. The second-order valence-corrected chi connectivity index (χ2v) is 7.71. The van der Waals surface area contributed by atoms with Crippen LogP contribution < -0.4 is 11.0 Å². The number of benzene rings is 1. The Hall–Kier alpha value is -1.64. The highest BCUT2D eigenvalue weighted by Gasteiger charge is 2.29. The van der Waals surface area contributed by atoms with E-state index >= 15 is 0 Å². The van der Waals surface area contributed by atoms with Crippen molar-refractivity contribution >= 4 is 21.1 Å². The van der Waals surface area contributed by atoms with E-state index in [4.69, 9.17) is 0 Å². The Bertz CT molecular complexity index is 881. The molecule has 1 unspecified atom stereocenters. The molecule has 2 heterocycles. The predicted octanol–water partition coefficient (Wildman–Crippen LogP) is -0.141. The molecule has 0 aliphatic carbocycles. The van der Waals surface area contributed by atoms with Crippen LogP contribution in [0, 0.1) is 0 Å². The zero-order chi connectivity index (χ0) is 16.1. The second kappa shape index (κ2) is 5.22. The third-order valence-electron chi connectivity index (χ3n) is 4.21. The number of fused-ring (bicyclic) bond motifs is 1. The first kappa shape index (κ1) is 15.3. The first-order valence-corrected chi connectivity index (χ1v) is 8.65. The summed E-state index contributed by atoms with van der Waals surface area (Å²) >= 11 is 0. The van der Waals surface area contributed by atoms with Gasteiger partial charge in [-0.05, 0) is 25.1 Å². The van der Waals surface area contributed by atoms with Gasteiger partial charge < -0.3 is 5.32 Å². The number of piperazine rings is 1. The van der Waals surface area contributed by atoms with E-state index in [9.17, 15) is 13.2 Å². The number of rotatable bonds is 2. The van der Waals surface area contributed by atoms with E-state index in [1.165, 1.54) is 13.4 Å². The van der Waals surface area contributed by atoms with Crippen molar-refractivity contribution in [3.05, 3.63) is 28.7 Å². The molecule has 120 valence electrons. The van der Waals surface area contributed by atoms with E-state index in [0.717, 1.165) is 5.52 Å². The number of nitrogens with zero attached hydrogens (tertiary/aromatic N) is 3. The van der Waals surface area contributed by atoms with Crippen LogP contribution in [-0.4, -0.2) is 47.5 Å². The first-order chi connectivity index (χ1) is 10.3. The molecule has 22 heavy (non-hydrogen) atoms. The largest absolute Gasteiger partial charge is 0.328 e. The van der Waals surface area contributed by atoms with E-state index in [2.05, 4.69) is 5.32 Å². The van der Waals surface area contributed by atoms with Crippen LogP contribution in [0.4, 0.5) is 0 Å². The van der Waals surface area contributed by atoms with Crippen molar-refractivity contribution in [3.63, 3.8) is 0 Å². The Kier molecular flexibility index (Phi) is 3.62. The Morgan fingerprint density at radius 2 is 1.86 bits per heavy atom. The number of aromatic nitrogens is 2. The summed E-state index contributed by atoms with van der Waals surface area (Å²) in [6.07, 6.45) is 0. The van der Waals surface area contributed by atoms with Crippen molar-refractivity contribution in [2.24, 2.45) is 14.1 Å². The molecule has 1 N–H and O–H groups in total. The summed E-state index contributed by atoms with van der Waals surface area (Å²) in [4.78, 5) is 12.2. The molecule has 1 saturated heterocycles. The number of imidazole rings is 1. The number of aryl methyl sites for hydroxylation is 2. The van der Waals surface area contributed by atoms with E-state index < -0.39 is 10.0 Å². The number of hydrogen-bond acceptors (Lipinski definition) is 4. The van der Waals surface area contributed by atoms with Gasteiger partial charge in [-0.3, -0.25) is 9.13 Å². The van der Waals surface area contributed by atoms with Gasteiger partial charge >= 0.3 is 5.69 Å². The molecule has 7 nitrogen and oxygen atoms in total. The molecule has 1 aromatic carbocycles. The summed E-state index contributed by atoms with van der Waals surface area (Å²) in [5.74, 6) is 0. The quantitative estimate of drug-likeness (QED) is 0.834. The molecule has 0 saturated carbocycles. The van der Waals surface area contributed by atoms with Crippen LogP contribution in [-0.2, 0) is 24.1 Å². The second-order valence-electron chi connectivity index (χ2n) is 5.77. The van der Waals surface area contributed by atoms with Crippen LogP contribution in [0.2, 0.25) is 0 Å². The van der Waals surface area contributed by atoms with Gasteiger partial charge in [0, 0.05) is 39.8 Å². The highest BCUT2D eigenvalue weighted by molar-refractivity contribution is 7.89. The molecule has 2 aromatic rings. The minimum absolute atomic E-state index is 0.133. The molecular formula is C14H20N4O3S. The average molecular weight is 324 g/mol. The Balaban J connectivity index is 2.09. The molecule has 1 aliphatic rings. The fraction of sp³-hybridized carbons (Fsp3) is 0.500. The van der Waals surface area contributed by atoms with Gasteiger partial charge in [-0.15, -0.1) is 0 Å². The molecular weight excluding hydrogens is 304 g/mol. The normalized spacial score (nSPS) is 20.6. The fourth-order valence-corrected chi connectivity index (χ4v) is 4.46. The number of sulfonamides is 1. The highest BCUT2D eigenvalue weighted by atomic mass is 32.2. The van der Waals surface area contributed by atoms with Crippen molar-refractivity contribution in [1.82, 2.24) is 18.8 Å². The lowest BCUT2D eigenvalue weighted by molar-refractivity contribution is 0.310. The van der Waals surface area contributed by atoms with Gasteiger partial charge in [0.1, 0.15) is 0 Å². The Morgan fingerprint density at radius 3 is 2.55 bits per heavy atom. The van der Waals surface area contributed by atoms with Gasteiger partial charge in [0.05, 0.1) is 15.9 Å². The average Bonchev–Trinajstić information content (AvgIpc) is 2.72. The Labute approximate surface area is 129 Å². The molecule has 0 spiro atoms. The molecule has 0 amide bonds. The molecule has 1 aliphatic heterocycles. The molecule has 1 aromatic heterocycles. The van der Waals surface area contributed by atoms with Gasteiger partial charge in [-0.25, -0.2) is 13.2 Å². The van der Waals surface area contributed by atoms with Crippen LogP contribution in [0.1, 0.15) is 6.92 Å². The van der Waals surface area contributed by atoms with Crippen LogP contribution in [0.5, 0.6) is 0 Å². The maximum absolute atomic E-state index is 12.8. The van der Waals surface area contributed by atoms with Crippen molar-refractivity contribution in [1.29, 1.82) is 0 Å². The van der Waals surface area contributed by atoms with Crippen molar-refractivity contribution in [2.75, 3.05) is 19.6 Å². The number of hydrogen-bond donors (Lipinski definition) is 1. The third-order valence-corrected chi connectivity index (χ3v) is 6.07. The number of nitrogens with one attached hydrogen (secondary N) is 1. The Morgan fingerprint density at radius 1 is 1.18 bits per heavy atom. The zero-order valence-electron chi connectivity index (χ0n) is 12.9. The molecule has 0 bridgehead atoms. The van der Waals surface area contributed by atoms with E-state index in [-0.39, 0.29) is 16.6 Å². The van der Waals surface area contributed by atoms with Crippen LogP contribution >= 0.6 is 0 Å². The zero-order valence-corrected chi connectivity index (χ0v) is 13.7. The monoisotopic (exact) mass is 324 g/mol. The van der Waals surface area contributed by atoms with Crippen molar-refractivity contribution in [2.45, 2.75) is 17.9 Å². The standard InChI is InChI=1S/C14H20N4O3S/c1-10-9-18(7-6-15-10)22(20,21)11-4-5-12-13(8-11)17(3)14(19)16(12)2/h4-5,8,10,15H,6-7,9H2,1-3H3. The molecule has 8 heteroatoms. The summed E-state index contributed by atoms with van der Waals surface area (Å²) in [6.45, 7) is 3.52. The molecule has 3 rings (SSSR count). The first-order valence-electron chi connectivity index (χ1n) is 7.21. The summed E-state index contributed by atoms with van der Waals surface area (Å²) < 4.78 is 30.0. The summed E-state index contributed by atoms with van der Waals surface area (Å²) in [5.41, 5.74) is 1.18. The van der Waals surface area contributed by atoms with Crippen molar-refractivity contribution < 1.29 is 8.42 Å². The molecule has 1 atom stereocenters. The topological polar surface area (TPSA) is 76.3 Å². The lowest BCUT2D eigenvalue weighted by Crippen LogP contribution is -2.51. The maximum Gasteiger partial charge on any atom is 0.328 e. The fourth-order valence-electron chi connectivity index (χ4n) is 2.91. The highest BCUT2D eigenvalue weighted by Crippen LogP contribution is 2.21. The van der Waals surface area contributed by atoms with Crippen LogP contribution in [0.3, 0.4) is 0 Å². The molecule has 0 radical (unpaired) electrons.